The van der Waals surface area contributed by atoms with Crippen molar-refractivity contribution >= 4 is 15.9 Å². The quantitative estimate of drug-likeness (QED) is 0.805. The maximum atomic E-state index is 12.1. The number of nitrogens with zero attached hydrogens (tertiary/aromatic N) is 1. The van der Waals surface area contributed by atoms with Crippen LogP contribution in [0.3, 0.4) is 0 Å². The molecule has 0 unspecified atom stereocenters. The van der Waals surface area contributed by atoms with E-state index in [4.69, 9.17) is 4.74 Å². The van der Waals surface area contributed by atoms with Crippen molar-refractivity contribution in [2.45, 2.75) is 56.8 Å². The van der Waals surface area contributed by atoms with Crippen molar-refractivity contribution in [3.63, 3.8) is 0 Å². The number of piperidine rings is 1. The number of hydrogen-bond acceptors (Lipinski definition) is 5. The predicted molar refractivity (Wildman–Crippen MR) is 103 cm³/mol. The molecule has 2 saturated carbocycles. The molecule has 1 aromatic carbocycles. The number of ether oxygens (including phenoxy) is 1. The van der Waals surface area contributed by atoms with Gasteiger partial charge in [-0.25, -0.2) is 13.1 Å². The maximum absolute atomic E-state index is 12.1. The lowest BCUT2D eigenvalue weighted by Gasteiger charge is -2.51. The van der Waals surface area contributed by atoms with E-state index in [2.05, 4.69) is 16.5 Å². The molecule has 4 rings (SSSR count). The largest absolute Gasteiger partial charge is 0.490 e. The number of rotatable bonds is 6. The van der Waals surface area contributed by atoms with Gasteiger partial charge in [-0.15, -0.1) is 0 Å². The highest BCUT2D eigenvalue weighted by atomic mass is 32.2. The number of likely N-dealkylation sites (tertiary alicyclic amines) is 1. The SMILES string of the molecule is CCN1CCC2(CC1)CC(Oc1ccc(C(=O)NS(=O)(=O)C3CC3)cc1)C2. The molecule has 27 heavy (non-hydrogen) atoms. The molecule has 1 N–H and O–H groups in total. The Morgan fingerprint density at radius 2 is 1.81 bits per heavy atom. The van der Waals surface area contributed by atoms with Gasteiger partial charge in [0.05, 0.1) is 11.4 Å². The molecule has 1 heterocycles. The van der Waals surface area contributed by atoms with E-state index in [1.54, 1.807) is 24.3 Å². The van der Waals surface area contributed by atoms with Crippen molar-refractivity contribution in [1.82, 2.24) is 9.62 Å². The summed E-state index contributed by atoms with van der Waals surface area (Å²) in [5, 5.41) is -0.404. The Morgan fingerprint density at radius 1 is 1.19 bits per heavy atom. The number of sulfonamides is 1. The highest BCUT2D eigenvalue weighted by molar-refractivity contribution is 7.91. The molecule has 7 heteroatoms. The second-order valence-electron chi connectivity index (χ2n) is 8.28. The zero-order chi connectivity index (χ0) is 19.1. The van der Waals surface area contributed by atoms with Crippen LogP contribution in [0.5, 0.6) is 5.75 Å². The Kier molecular flexibility index (Phi) is 4.93. The van der Waals surface area contributed by atoms with Gasteiger partial charge in [-0.2, -0.15) is 0 Å². The van der Waals surface area contributed by atoms with Crippen LogP contribution in [-0.2, 0) is 10.0 Å². The number of carbonyl (C=O) groups is 1. The highest BCUT2D eigenvalue weighted by Gasteiger charge is 2.46. The van der Waals surface area contributed by atoms with Gasteiger partial charge in [0.1, 0.15) is 5.75 Å². The minimum Gasteiger partial charge on any atom is -0.490 e. The molecule has 148 valence electrons. The van der Waals surface area contributed by atoms with E-state index in [1.807, 2.05) is 0 Å². The van der Waals surface area contributed by atoms with Crippen LogP contribution in [0.25, 0.3) is 0 Å². The van der Waals surface area contributed by atoms with Crippen molar-refractivity contribution in [3.8, 4) is 5.75 Å². The lowest BCUT2D eigenvalue weighted by atomic mass is 9.61. The van der Waals surface area contributed by atoms with Crippen LogP contribution in [0.1, 0.15) is 55.8 Å². The average Bonchev–Trinajstić information content (AvgIpc) is 3.47. The second kappa shape index (κ2) is 7.09. The summed E-state index contributed by atoms with van der Waals surface area (Å²) in [6, 6.07) is 6.76. The predicted octanol–water partition coefficient (Wildman–Crippen LogP) is 2.55. The molecule has 3 aliphatic rings. The molecule has 0 aromatic heterocycles. The summed E-state index contributed by atoms with van der Waals surface area (Å²) in [4.78, 5) is 14.6. The van der Waals surface area contributed by atoms with Gasteiger partial charge in [0.2, 0.25) is 10.0 Å². The summed E-state index contributed by atoms with van der Waals surface area (Å²) >= 11 is 0. The minimum atomic E-state index is -3.51. The van der Waals surface area contributed by atoms with Gasteiger partial charge >= 0.3 is 0 Å². The van der Waals surface area contributed by atoms with Crippen molar-refractivity contribution < 1.29 is 17.9 Å². The summed E-state index contributed by atoms with van der Waals surface area (Å²) < 4.78 is 31.9. The lowest BCUT2D eigenvalue weighted by Crippen LogP contribution is -2.50. The summed E-state index contributed by atoms with van der Waals surface area (Å²) in [5.74, 6) is 0.168. The Morgan fingerprint density at radius 3 is 2.37 bits per heavy atom. The zero-order valence-electron chi connectivity index (χ0n) is 15.8. The van der Waals surface area contributed by atoms with Gasteiger partial charge in [0.25, 0.3) is 5.91 Å². The first-order valence-corrected chi connectivity index (χ1v) is 11.5. The smallest absolute Gasteiger partial charge is 0.264 e. The van der Waals surface area contributed by atoms with E-state index < -0.39 is 21.2 Å². The fourth-order valence-electron chi connectivity index (χ4n) is 4.27. The Labute approximate surface area is 161 Å². The van der Waals surface area contributed by atoms with Gasteiger partial charge in [-0.05, 0) is 87.8 Å². The number of nitrogens with one attached hydrogen (secondary N) is 1. The van der Waals surface area contributed by atoms with E-state index >= 15 is 0 Å². The van der Waals surface area contributed by atoms with E-state index in [-0.39, 0.29) is 6.10 Å². The summed E-state index contributed by atoms with van der Waals surface area (Å²) in [5.41, 5.74) is 0.802. The summed E-state index contributed by atoms with van der Waals surface area (Å²) in [7, 11) is -3.51. The van der Waals surface area contributed by atoms with Gasteiger partial charge in [0, 0.05) is 5.56 Å². The van der Waals surface area contributed by atoms with Crippen LogP contribution >= 0.6 is 0 Å². The minimum absolute atomic E-state index is 0.244. The first kappa shape index (κ1) is 18.7. The molecule has 1 spiro atoms. The van der Waals surface area contributed by atoms with E-state index in [9.17, 15) is 13.2 Å². The van der Waals surface area contributed by atoms with Crippen LogP contribution in [0.15, 0.2) is 24.3 Å². The van der Waals surface area contributed by atoms with Crippen LogP contribution in [-0.4, -0.2) is 50.2 Å². The monoisotopic (exact) mass is 392 g/mol. The maximum Gasteiger partial charge on any atom is 0.264 e. The topological polar surface area (TPSA) is 75.7 Å². The van der Waals surface area contributed by atoms with Gasteiger partial charge < -0.3 is 9.64 Å². The number of carbonyl (C=O) groups excluding carboxylic acids is 1. The Hall–Kier alpha value is -1.60. The normalized spacial score (nSPS) is 23.0. The first-order chi connectivity index (χ1) is 12.9. The van der Waals surface area contributed by atoms with Crippen molar-refractivity contribution in [2.24, 2.45) is 5.41 Å². The molecule has 1 saturated heterocycles. The van der Waals surface area contributed by atoms with Crippen LogP contribution in [0, 0.1) is 5.41 Å². The fourth-order valence-corrected chi connectivity index (χ4v) is 5.57. The van der Waals surface area contributed by atoms with Gasteiger partial charge in [-0.1, -0.05) is 6.92 Å². The van der Waals surface area contributed by atoms with E-state index in [0.29, 0.717) is 23.8 Å². The Bertz CT molecular complexity index is 786. The highest BCUT2D eigenvalue weighted by Crippen LogP contribution is 2.50. The molecule has 6 nitrogen and oxygen atoms in total. The molecular formula is C20H28N2O4S. The van der Waals surface area contributed by atoms with Crippen molar-refractivity contribution in [3.05, 3.63) is 29.8 Å². The number of amides is 1. The molecule has 2 aliphatic carbocycles. The zero-order valence-corrected chi connectivity index (χ0v) is 16.6. The Balaban J connectivity index is 1.27. The molecule has 3 fully saturated rings. The standard InChI is InChI=1S/C20H28N2O4S/c1-2-22-11-9-20(10-12-22)13-17(14-20)26-16-5-3-15(4-6-16)19(23)21-27(24,25)18-7-8-18/h3-6,17-18H,2,7-14H2,1H3,(H,21,23). The molecule has 0 bridgehead atoms. The van der Waals surface area contributed by atoms with E-state index in [0.717, 1.165) is 25.1 Å². The summed E-state index contributed by atoms with van der Waals surface area (Å²) in [6.07, 6.45) is 6.24. The van der Waals surface area contributed by atoms with Gasteiger partial charge in [0.15, 0.2) is 0 Å². The molecular weight excluding hydrogens is 364 g/mol. The average molecular weight is 393 g/mol. The number of benzene rings is 1. The molecule has 0 atom stereocenters. The van der Waals surface area contributed by atoms with Gasteiger partial charge in [-0.3, -0.25) is 4.79 Å². The molecule has 0 radical (unpaired) electrons. The van der Waals surface area contributed by atoms with E-state index in [1.165, 1.54) is 25.9 Å². The lowest BCUT2D eigenvalue weighted by molar-refractivity contribution is -0.0544. The second-order valence-corrected chi connectivity index (χ2v) is 10.2. The third-order valence-electron chi connectivity index (χ3n) is 6.30. The first-order valence-electron chi connectivity index (χ1n) is 9.94. The number of hydrogen-bond donors (Lipinski definition) is 1. The fraction of sp³-hybridized carbons (Fsp3) is 0.650. The third-order valence-corrected chi connectivity index (χ3v) is 8.12. The van der Waals surface area contributed by atoms with Crippen LogP contribution in [0.2, 0.25) is 0 Å². The van der Waals surface area contributed by atoms with Crippen molar-refractivity contribution in [2.75, 3.05) is 19.6 Å². The third kappa shape index (κ3) is 4.14. The molecule has 1 amide bonds. The van der Waals surface area contributed by atoms with Crippen molar-refractivity contribution in [1.29, 1.82) is 0 Å². The molecule has 1 aliphatic heterocycles. The molecule has 1 aromatic rings. The summed E-state index contributed by atoms with van der Waals surface area (Å²) in [6.45, 7) is 5.74. The van der Waals surface area contributed by atoms with Crippen LogP contribution < -0.4 is 9.46 Å². The van der Waals surface area contributed by atoms with Crippen LogP contribution in [0.4, 0.5) is 0 Å².